The van der Waals surface area contributed by atoms with Crippen LogP contribution in [0, 0.1) is 5.41 Å². The summed E-state index contributed by atoms with van der Waals surface area (Å²) >= 11 is 3.53. The van der Waals surface area contributed by atoms with Crippen molar-refractivity contribution in [1.82, 2.24) is 10.2 Å². The van der Waals surface area contributed by atoms with Gasteiger partial charge in [-0.05, 0) is 48.9 Å². The van der Waals surface area contributed by atoms with Crippen LogP contribution in [0.3, 0.4) is 0 Å². The average Bonchev–Trinajstić information content (AvgIpc) is 3.03. The number of halogens is 1. The minimum atomic E-state index is 0.123. The highest BCUT2D eigenvalue weighted by atomic mass is 79.9. The van der Waals surface area contributed by atoms with Crippen LogP contribution in [0.2, 0.25) is 0 Å². The van der Waals surface area contributed by atoms with E-state index in [-0.39, 0.29) is 12.1 Å². The van der Waals surface area contributed by atoms with E-state index >= 15 is 0 Å². The lowest BCUT2D eigenvalue weighted by Gasteiger charge is -2.38. The fourth-order valence-corrected chi connectivity index (χ4v) is 3.91. The molecule has 1 N–H and O–H groups in total. The topological polar surface area (TPSA) is 32.3 Å². The molecule has 0 aromatic heterocycles. The molecule has 1 spiro atoms. The van der Waals surface area contributed by atoms with Crippen LogP contribution in [0.1, 0.15) is 36.4 Å². The van der Waals surface area contributed by atoms with Crippen LogP contribution < -0.4 is 5.32 Å². The SMILES string of the molecule is O=C1NCC2(CC2)CN1[C@@H]1CCc2cc(Br)ccc21. The molecule has 0 unspecified atom stereocenters. The molecule has 2 fully saturated rings. The number of hydrogen-bond acceptors (Lipinski definition) is 1. The zero-order chi connectivity index (χ0) is 13.0. The number of rotatable bonds is 1. The van der Waals surface area contributed by atoms with Gasteiger partial charge in [0.2, 0.25) is 0 Å². The molecule has 1 saturated heterocycles. The Labute approximate surface area is 121 Å². The smallest absolute Gasteiger partial charge is 0.317 e. The molecule has 1 aromatic carbocycles. The summed E-state index contributed by atoms with van der Waals surface area (Å²) in [5.41, 5.74) is 3.13. The predicted octanol–water partition coefficient (Wildman–Crippen LogP) is 3.24. The quantitative estimate of drug-likeness (QED) is 0.846. The fraction of sp³-hybridized carbons (Fsp3) is 0.533. The molecule has 2 aliphatic carbocycles. The minimum absolute atomic E-state index is 0.123. The third-order valence-corrected chi connectivity index (χ3v) is 5.36. The maximum absolute atomic E-state index is 12.2. The van der Waals surface area contributed by atoms with Gasteiger partial charge in [0.15, 0.2) is 0 Å². The van der Waals surface area contributed by atoms with Crippen LogP contribution >= 0.6 is 15.9 Å². The van der Waals surface area contributed by atoms with Gasteiger partial charge in [-0.3, -0.25) is 0 Å². The van der Waals surface area contributed by atoms with E-state index in [1.54, 1.807) is 0 Å². The van der Waals surface area contributed by atoms with E-state index in [2.05, 4.69) is 44.3 Å². The number of carbonyl (C=O) groups excluding carboxylic acids is 1. The van der Waals surface area contributed by atoms with Crippen LogP contribution in [0.15, 0.2) is 22.7 Å². The molecule has 100 valence electrons. The first kappa shape index (κ1) is 11.8. The lowest BCUT2D eigenvalue weighted by molar-refractivity contribution is 0.133. The molecule has 1 atom stereocenters. The first-order valence-corrected chi connectivity index (χ1v) is 7.79. The summed E-state index contributed by atoms with van der Waals surface area (Å²) in [7, 11) is 0. The Kier molecular flexibility index (Phi) is 2.47. The summed E-state index contributed by atoms with van der Waals surface area (Å²) in [5.74, 6) is 0. The van der Waals surface area contributed by atoms with Crippen LogP contribution in [-0.2, 0) is 6.42 Å². The molecule has 4 rings (SSSR count). The Morgan fingerprint density at radius 3 is 3.00 bits per heavy atom. The van der Waals surface area contributed by atoms with Crippen molar-refractivity contribution in [2.75, 3.05) is 13.1 Å². The highest BCUT2D eigenvalue weighted by molar-refractivity contribution is 9.10. The Morgan fingerprint density at radius 2 is 2.21 bits per heavy atom. The second-order valence-corrected chi connectivity index (χ2v) is 7.10. The molecular weight excluding hydrogens is 304 g/mol. The predicted molar refractivity (Wildman–Crippen MR) is 77.0 cm³/mol. The standard InChI is InChI=1S/C15H17BrN2O/c16-11-2-3-12-10(7-11)1-4-13(12)18-9-15(5-6-15)8-17-14(18)19/h2-3,7,13H,1,4-6,8-9H2,(H,17,19)/t13-/m1/s1. The van der Waals surface area contributed by atoms with Crippen molar-refractivity contribution in [3.63, 3.8) is 0 Å². The molecular formula is C15H17BrN2O. The minimum Gasteiger partial charge on any atom is -0.337 e. The Bertz CT molecular complexity index is 553. The number of fused-ring (bicyclic) bond motifs is 1. The van der Waals surface area contributed by atoms with Crippen molar-refractivity contribution in [3.05, 3.63) is 33.8 Å². The van der Waals surface area contributed by atoms with Crippen LogP contribution in [-0.4, -0.2) is 24.0 Å². The zero-order valence-corrected chi connectivity index (χ0v) is 12.4. The van der Waals surface area contributed by atoms with E-state index in [9.17, 15) is 4.79 Å². The zero-order valence-electron chi connectivity index (χ0n) is 10.8. The van der Waals surface area contributed by atoms with Gasteiger partial charge in [-0.1, -0.05) is 22.0 Å². The number of urea groups is 1. The van der Waals surface area contributed by atoms with Gasteiger partial charge in [0.05, 0.1) is 6.04 Å². The second kappa shape index (κ2) is 3.98. The van der Waals surface area contributed by atoms with Crippen molar-refractivity contribution in [2.45, 2.75) is 31.7 Å². The average molecular weight is 321 g/mol. The Hall–Kier alpha value is -1.03. The Morgan fingerprint density at radius 1 is 1.37 bits per heavy atom. The number of nitrogens with zero attached hydrogens (tertiary/aromatic N) is 1. The van der Waals surface area contributed by atoms with Gasteiger partial charge in [-0.2, -0.15) is 0 Å². The molecule has 2 amide bonds. The van der Waals surface area contributed by atoms with Crippen LogP contribution in [0.4, 0.5) is 4.79 Å². The van der Waals surface area contributed by atoms with Crippen molar-refractivity contribution in [1.29, 1.82) is 0 Å². The number of benzene rings is 1. The molecule has 0 radical (unpaired) electrons. The highest BCUT2D eigenvalue weighted by Gasteiger charge is 2.49. The van der Waals surface area contributed by atoms with E-state index in [0.717, 1.165) is 30.4 Å². The van der Waals surface area contributed by atoms with E-state index < -0.39 is 0 Å². The number of aryl methyl sites for hydroxylation is 1. The normalized spacial score (nSPS) is 27.3. The summed E-state index contributed by atoms with van der Waals surface area (Å²) in [5, 5.41) is 3.08. The van der Waals surface area contributed by atoms with Gasteiger partial charge >= 0.3 is 6.03 Å². The summed E-state index contributed by atoms with van der Waals surface area (Å²) in [4.78, 5) is 14.3. The van der Waals surface area contributed by atoms with Crippen LogP contribution in [0.25, 0.3) is 0 Å². The summed E-state index contributed by atoms with van der Waals surface area (Å²) in [6.07, 6.45) is 4.68. The second-order valence-electron chi connectivity index (χ2n) is 6.18. The van der Waals surface area contributed by atoms with Crippen molar-refractivity contribution in [2.24, 2.45) is 5.41 Å². The molecule has 19 heavy (non-hydrogen) atoms. The number of hydrogen-bond donors (Lipinski definition) is 1. The number of carbonyl (C=O) groups is 1. The van der Waals surface area contributed by atoms with E-state index in [1.807, 2.05) is 0 Å². The molecule has 1 heterocycles. The summed E-state index contributed by atoms with van der Waals surface area (Å²) in [6, 6.07) is 6.87. The van der Waals surface area contributed by atoms with Gasteiger partial charge in [0.25, 0.3) is 0 Å². The van der Waals surface area contributed by atoms with Crippen molar-refractivity contribution >= 4 is 22.0 Å². The molecule has 1 aliphatic heterocycles. The van der Waals surface area contributed by atoms with Crippen molar-refractivity contribution in [3.8, 4) is 0 Å². The molecule has 3 nitrogen and oxygen atoms in total. The van der Waals surface area contributed by atoms with E-state index in [4.69, 9.17) is 0 Å². The van der Waals surface area contributed by atoms with E-state index in [1.165, 1.54) is 24.0 Å². The lowest BCUT2D eigenvalue weighted by Crippen LogP contribution is -2.52. The lowest BCUT2D eigenvalue weighted by atomic mass is 10.0. The van der Waals surface area contributed by atoms with Gasteiger partial charge in [-0.25, -0.2) is 4.79 Å². The van der Waals surface area contributed by atoms with Gasteiger partial charge in [0, 0.05) is 23.0 Å². The summed E-state index contributed by atoms with van der Waals surface area (Å²) < 4.78 is 1.13. The van der Waals surface area contributed by atoms with Gasteiger partial charge < -0.3 is 10.2 Å². The van der Waals surface area contributed by atoms with Gasteiger partial charge in [0.1, 0.15) is 0 Å². The van der Waals surface area contributed by atoms with E-state index in [0.29, 0.717) is 5.41 Å². The molecule has 3 aliphatic rings. The highest BCUT2D eigenvalue weighted by Crippen LogP contribution is 2.49. The third kappa shape index (κ3) is 1.88. The fourth-order valence-electron chi connectivity index (χ4n) is 3.50. The van der Waals surface area contributed by atoms with Crippen molar-refractivity contribution < 1.29 is 4.79 Å². The maximum Gasteiger partial charge on any atom is 0.317 e. The third-order valence-electron chi connectivity index (χ3n) is 4.87. The first-order chi connectivity index (χ1) is 9.17. The van der Waals surface area contributed by atoms with Gasteiger partial charge in [-0.15, -0.1) is 0 Å². The monoisotopic (exact) mass is 320 g/mol. The number of nitrogens with one attached hydrogen (secondary N) is 1. The molecule has 4 heteroatoms. The molecule has 0 bridgehead atoms. The largest absolute Gasteiger partial charge is 0.337 e. The Balaban J connectivity index is 1.65. The van der Waals surface area contributed by atoms with Crippen LogP contribution in [0.5, 0.6) is 0 Å². The number of amides is 2. The summed E-state index contributed by atoms with van der Waals surface area (Å²) in [6.45, 7) is 1.82. The first-order valence-electron chi connectivity index (χ1n) is 7.00. The molecule has 1 aromatic rings. The molecule has 1 saturated carbocycles. The maximum atomic E-state index is 12.2.